The van der Waals surface area contributed by atoms with E-state index in [-0.39, 0.29) is 11.3 Å². The van der Waals surface area contributed by atoms with Crippen LogP contribution in [-0.2, 0) is 0 Å². The fourth-order valence-corrected chi connectivity index (χ4v) is 2.30. The molecule has 96 valence electrons. The monoisotopic (exact) mass is 250 g/mol. The lowest BCUT2D eigenvalue weighted by atomic mass is 10.1. The number of nitrogens with zero attached hydrogens (tertiary/aromatic N) is 2. The zero-order valence-corrected chi connectivity index (χ0v) is 10.00. The van der Waals surface area contributed by atoms with Crippen LogP contribution in [0.25, 0.3) is 0 Å². The van der Waals surface area contributed by atoms with E-state index in [1.807, 2.05) is 4.90 Å². The summed E-state index contributed by atoms with van der Waals surface area (Å²) in [5, 5.41) is 20.1. The number of nitro groups is 1. The summed E-state index contributed by atoms with van der Waals surface area (Å²) in [6, 6.07) is 4.43. The van der Waals surface area contributed by atoms with Crippen LogP contribution < -0.4 is 4.90 Å². The number of para-hydroxylation sites is 1. The first-order valence-corrected chi connectivity index (χ1v) is 5.76. The van der Waals surface area contributed by atoms with E-state index in [0.717, 1.165) is 19.5 Å². The highest BCUT2D eigenvalue weighted by Crippen LogP contribution is 2.34. The average molecular weight is 250 g/mol. The van der Waals surface area contributed by atoms with Crippen LogP contribution in [-0.4, -0.2) is 29.1 Å². The van der Waals surface area contributed by atoms with Crippen LogP contribution in [0.15, 0.2) is 18.2 Å². The van der Waals surface area contributed by atoms with Crippen LogP contribution >= 0.6 is 0 Å². The zero-order chi connectivity index (χ0) is 13.3. The molecule has 1 aliphatic heterocycles. The number of carboxylic acid groups (broad SMARTS) is 1. The van der Waals surface area contributed by atoms with E-state index in [4.69, 9.17) is 5.11 Å². The smallest absolute Gasteiger partial charge is 0.342 e. The summed E-state index contributed by atoms with van der Waals surface area (Å²) in [5.41, 5.74) is -0.152. The molecule has 1 atom stereocenters. The van der Waals surface area contributed by atoms with Crippen molar-refractivity contribution in [1.29, 1.82) is 0 Å². The molecule has 1 heterocycles. The van der Waals surface area contributed by atoms with Crippen molar-refractivity contribution in [2.75, 3.05) is 18.0 Å². The van der Waals surface area contributed by atoms with Crippen molar-refractivity contribution in [3.05, 3.63) is 33.9 Å². The second-order valence-corrected chi connectivity index (χ2v) is 4.58. The third kappa shape index (κ3) is 2.13. The normalized spacial score (nSPS) is 18.9. The number of hydrogen-bond donors (Lipinski definition) is 1. The highest BCUT2D eigenvalue weighted by molar-refractivity contribution is 5.95. The van der Waals surface area contributed by atoms with Gasteiger partial charge >= 0.3 is 11.7 Å². The topological polar surface area (TPSA) is 83.7 Å². The van der Waals surface area contributed by atoms with Crippen molar-refractivity contribution < 1.29 is 14.8 Å². The zero-order valence-electron chi connectivity index (χ0n) is 10.00. The minimum atomic E-state index is -1.27. The van der Waals surface area contributed by atoms with Crippen molar-refractivity contribution >= 4 is 17.3 Å². The van der Waals surface area contributed by atoms with E-state index in [0.29, 0.717) is 11.6 Å². The largest absolute Gasteiger partial charge is 0.477 e. The molecule has 0 aliphatic carbocycles. The standard InChI is InChI=1S/C12H14N2O4/c1-8-5-6-13(7-8)10-4-2-3-9(12(15)16)11(10)14(17)18/h2-4,8H,5-7H2,1H3,(H,15,16). The highest BCUT2D eigenvalue weighted by atomic mass is 16.6. The van der Waals surface area contributed by atoms with Crippen LogP contribution in [0.4, 0.5) is 11.4 Å². The molecule has 1 fully saturated rings. The molecule has 0 aromatic heterocycles. The summed E-state index contributed by atoms with van der Waals surface area (Å²) in [4.78, 5) is 23.4. The lowest BCUT2D eigenvalue weighted by Gasteiger charge is -2.18. The summed E-state index contributed by atoms with van der Waals surface area (Å²) < 4.78 is 0. The van der Waals surface area contributed by atoms with Gasteiger partial charge in [-0.25, -0.2) is 4.79 Å². The van der Waals surface area contributed by atoms with E-state index < -0.39 is 10.9 Å². The molecule has 0 bridgehead atoms. The van der Waals surface area contributed by atoms with Gasteiger partial charge in [-0.05, 0) is 24.5 Å². The fraction of sp³-hybridized carbons (Fsp3) is 0.417. The summed E-state index contributed by atoms with van der Waals surface area (Å²) in [6.45, 7) is 3.53. The van der Waals surface area contributed by atoms with Gasteiger partial charge in [-0.2, -0.15) is 0 Å². The first-order valence-electron chi connectivity index (χ1n) is 5.76. The molecular formula is C12H14N2O4. The van der Waals surface area contributed by atoms with E-state index in [2.05, 4.69) is 6.92 Å². The second-order valence-electron chi connectivity index (χ2n) is 4.58. The Morgan fingerprint density at radius 2 is 2.28 bits per heavy atom. The van der Waals surface area contributed by atoms with Gasteiger partial charge in [-0.1, -0.05) is 13.0 Å². The van der Waals surface area contributed by atoms with Gasteiger partial charge in [0.1, 0.15) is 11.3 Å². The molecule has 1 aliphatic rings. The SMILES string of the molecule is CC1CCN(c2cccc(C(=O)O)c2[N+](=O)[O-])C1. The molecular weight excluding hydrogens is 236 g/mol. The summed E-state index contributed by atoms with van der Waals surface area (Å²) in [7, 11) is 0. The predicted molar refractivity (Wildman–Crippen MR) is 66.0 cm³/mol. The van der Waals surface area contributed by atoms with E-state index >= 15 is 0 Å². The maximum Gasteiger partial charge on any atom is 0.342 e. The maximum atomic E-state index is 11.1. The van der Waals surface area contributed by atoms with Crippen LogP contribution in [0.2, 0.25) is 0 Å². The summed E-state index contributed by atoms with van der Waals surface area (Å²) >= 11 is 0. The molecule has 6 heteroatoms. The highest BCUT2D eigenvalue weighted by Gasteiger charge is 2.29. The van der Waals surface area contributed by atoms with Crippen LogP contribution in [0.1, 0.15) is 23.7 Å². The third-order valence-corrected chi connectivity index (χ3v) is 3.19. The van der Waals surface area contributed by atoms with Crippen molar-refractivity contribution in [2.45, 2.75) is 13.3 Å². The molecule has 1 saturated heterocycles. The number of nitro benzene ring substituents is 1. The number of carbonyl (C=O) groups is 1. The Hall–Kier alpha value is -2.11. The van der Waals surface area contributed by atoms with E-state index in [1.165, 1.54) is 6.07 Å². The van der Waals surface area contributed by atoms with Gasteiger partial charge in [0.25, 0.3) is 0 Å². The minimum Gasteiger partial charge on any atom is -0.477 e. The molecule has 0 saturated carbocycles. The van der Waals surface area contributed by atoms with Gasteiger partial charge < -0.3 is 10.0 Å². The van der Waals surface area contributed by atoms with Gasteiger partial charge in [0.05, 0.1) is 4.92 Å². The Labute approximate surface area is 104 Å². The summed E-state index contributed by atoms with van der Waals surface area (Å²) in [5.74, 6) is -0.797. The molecule has 1 N–H and O–H groups in total. The number of carboxylic acids is 1. The van der Waals surface area contributed by atoms with E-state index in [9.17, 15) is 14.9 Å². The Bertz CT molecular complexity index is 501. The lowest BCUT2D eigenvalue weighted by Crippen LogP contribution is -2.21. The second kappa shape index (κ2) is 4.64. The molecule has 1 aromatic carbocycles. The Morgan fingerprint density at radius 3 is 2.78 bits per heavy atom. The van der Waals surface area contributed by atoms with Crippen molar-refractivity contribution in [1.82, 2.24) is 0 Å². The van der Waals surface area contributed by atoms with Crippen LogP contribution in [0.3, 0.4) is 0 Å². The Kier molecular flexibility index (Phi) is 3.18. The number of benzene rings is 1. The average Bonchev–Trinajstić information content (AvgIpc) is 2.74. The fourth-order valence-electron chi connectivity index (χ4n) is 2.30. The van der Waals surface area contributed by atoms with Gasteiger partial charge in [0.15, 0.2) is 0 Å². The molecule has 1 aromatic rings. The van der Waals surface area contributed by atoms with Gasteiger partial charge in [0, 0.05) is 13.1 Å². The van der Waals surface area contributed by atoms with Gasteiger partial charge in [0.2, 0.25) is 0 Å². The first-order chi connectivity index (χ1) is 8.50. The molecule has 0 amide bonds. The lowest BCUT2D eigenvalue weighted by molar-refractivity contribution is -0.384. The molecule has 6 nitrogen and oxygen atoms in total. The van der Waals surface area contributed by atoms with Gasteiger partial charge in [-0.3, -0.25) is 10.1 Å². The Balaban J connectivity index is 2.50. The quantitative estimate of drug-likeness (QED) is 0.656. The van der Waals surface area contributed by atoms with Gasteiger partial charge in [-0.15, -0.1) is 0 Å². The molecule has 18 heavy (non-hydrogen) atoms. The first kappa shape index (κ1) is 12.3. The summed E-state index contributed by atoms with van der Waals surface area (Å²) in [6.07, 6.45) is 0.967. The molecule has 2 rings (SSSR count). The predicted octanol–water partition coefficient (Wildman–Crippen LogP) is 2.14. The Morgan fingerprint density at radius 1 is 1.56 bits per heavy atom. The number of hydrogen-bond acceptors (Lipinski definition) is 4. The van der Waals surface area contributed by atoms with E-state index in [1.54, 1.807) is 12.1 Å². The number of aromatic carboxylic acids is 1. The minimum absolute atomic E-state index is 0.253. The van der Waals surface area contributed by atoms with Crippen molar-refractivity contribution in [2.24, 2.45) is 5.92 Å². The van der Waals surface area contributed by atoms with Crippen molar-refractivity contribution in [3.63, 3.8) is 0 Å². The van der Waals surface area contributed by atoms with Crippen molar-refractivity contribution in [3.8, 4) is 0 Å². The van der Waals surface area contributed by atoms with Crippen LogP contribution in [0.5, 0.6) is 0 Å². The maximum absolute atomic E-state index is 11.1. The van der Waals surface area contributed by atoms with Crippen LogP contribution in [0, 0.1) is 16.0 Å². The molecule has 0 spiro atoms. The number of rotatable bonds is 3. The number of anilines is 1. The molecule has 0 radical (unpaired) electrons. The third-order valence-electron chi connectivity index (χ3n) is 3.19. The molecule has 1 unspecified atom stereocenters.